The van der Waals surface area contributed by atoms with Crippen molar-refractivity contribution < 1.29 is 14.7 Å². The predicted molar refractivity (Wildman–Crippen MR) is 95.4 cm³/mol. The van der Waals surface area contributed by atoms with Crippen molar-refractivity contribution in [2.45, 2.75) is 13.8 Å². The number of oxime groups is 1. The van der Waals surface area contributed by atoms with Crippen molar-refractivity contribution in [2.24, 2.45) is 5.16 Å². The summed E-state index contributed by atoms with van der Waals surface area (Å²) >= 11 is 9.37. The fraction of sp³-hybridized carbons (Fsp3) is 0.235. The summed E-state index contributed by atoms with van der Waals surface area (Å²) in [6.07, 6.45) is 1.28. The summed E-state index contributed by atoms with van der Waals surface area (Å²) in [4.78, 5) is 0. The van der Waals surface area contributed by atoms with Gasteiger partial charge in [0.2, 0.25) is 0 Å². The molecule has 0 aliphatic heterocycles. The number of hydrogen-bond donors (Lipinski definition) is 1. The molecule has 0 aliphatic carbocycles. The molecule has 0 aliphatic rings. The Hall–Kier alpha value is -1.72. The maximum Gasteiger partial charge on any atom is 0.142 e. The van der Waals surface area contributed by atoms with Crippen molar-refractivity contribution in [3.05, 3.63) is 56.5 Å². The predicted octanol–water partition coefficient (Wildman–Crippen LogP) is 4.99. The maximum atomic E-state index is 8.73. The van der Waals surface area contributed by atoms with Crippen LogP contribution in [0.25, 0.3) is 0 Å². The van der Waals surface area contributed by atoms with Gasteiger partial charge in [0.05, 0.1) is 10.7 Å². The number of benzene rings is 2. The zero-order chi connectivity index (χ0) is 16.8. The van der Waals surface area contributed by atoms with E-state index in [9.17, 15) is 0 Å². The maximum absolute atomic E-state index is 8.73. The smallest absolute Gasteiger partial charge is 0.142 e. The van der Waals surface area contributed by atoms with Gasteiger partial charge in [-0.1, -0.05) is 28.9 Å². The first-order valence-electron chi connectivity index (χ1n) is 7.00. The van der Waals surface area contributed by atoms with E-state index in [0.29, 0.717) is 34.0 Å². The first-order chi connectivity index (χ1) is 11.0. The van der Waals surface area contributed by atoms with Crippen LogP contribution in [0.2, 0.25) is 5.02 Å². The van der Waals surface area contributed by atoms with E-state index in [-0.39, 0.29) is 0 Å². The SMILES string of the molecule is Cc1ccc(C)c(OCCOc2c(Br)cc(Cl)cc2C=NO)c1. The minimum absolute atomic E-state index is 0.347. The van der Waals surface area contributed by atoms with Gasteiger partial charge in [0.1, 0.15) is 24.7 Å². The zero-order valence-electron chi connectivity index (χ0n) is 12.8. The lowest BCUT2D eigenvalue weighted by Gasteiger charge is -2.13. The second-order valence-corrected chi connectivity index (χ2v) is 6.31. The van der Waals surface area contributed by atoms with E-state index in [2.05, 4.69) is 21.1 Å². The summed E-state index contributed by atoms with van der Waals surface area (Å²) in [6, 6.07) is 9.45. The third-order valence-electron chi connectivity index (χ3n) is 3.16. The first-order valence-corrected chi connectivity index (χ1v) is 8.17. The second kappa shape index (κ2) is 8.22. The number of rotatable bonds is 6. The molecule has 1 N–H and O–H groups in total. The molecule has 2 rings (SSSR count). The normalized spacial score (nSPS) is 11.0. The zero-order valence-corrected chi connectivity index (χ0v) is 15.2. The van der Waals surface area contributed by atoms with Gasteiger partial charge in [-0.15, -0.1) is 0 Å². The van der Waals surface area contributed by atoms with E-state index >= 15 is 0 Å². The highest BCUT2D eigenvalue weighted by Crippen LogP contribution is 2.32. The Labute approximate surface area is 148 Å². The van der Waals surface area contributed by atoms with Crippen LogP contribution in [0, 0.1) is 13.8 Å². The third kappa shape index (κ3) is 4.88. The summed E-state index contributed by atoms with van der Waals surface area (Å²) in [5, 5.41) is 12.3. The molecule has 2 aromatic carbocycles. The molecule has 0 saturated heterocycles. The molecule has 0 fully saturated rings. The number of nitrogens with zero attached hydrogens (tertiary/aromatic N) is 1. The molecule has 122 valence electrons. The molecule has 0 atom stereocenters. The van der Waals surface area contributed by atoms with Crippen molar-refractivity contribution in [2.75, 3.05) is 13.2 Å². The van der Waals surface area contributed by atoms with E-state index in [0.717, 1.165) is 16.9 Å². The van der Waals surface area contributed by atoms with Crippen LogP contribution in [0.3, 0.4) is 0 Å². The van der Waals surface area contributed by atoms with E-state index in [1.54, 1.807) is 12.1 Å². The lowest BCUT2D eigenvalue weighted by atomic mass is 10.1. The van der Waals surface area contributed by atoms with Gasteiger partial charge in [-0.25, -0.2) is 0 Å². The molecule has 0 bridgehead atoms. The van der Waals surface area contributed by atoms with Crippen LogP contribution in [0.15, 0.2) is 40.0 Å². The summed E-state index contributed by atoms with van der Waals surface area (Å²) in [6.45, 7) is 4.77. The van der Waals surface area contributed by atoms with Crippen LogP contribution in [0.4, 0.5) is 0 Å². The molecular weight excluding hydrogens is 382 g/mol. The van der Waals surface area contributed by atoms with Gasteiger partial charge in [0.25, 0.3) is 0 Å². The molecule has 2 aromatic rings. The second-order valence-electron chi connectivity index (χ2n) is 5.02. The van der Waals surface area contributed by atoms with Gasteiger partial charge < -0.3 is 14.7 Å². The Morgan fingerprint density at radius 3 is 2.65 bits per heavy atom. The summed E-state index contributed by atoms with van der Waals surface area (Å²) < 4.78 is 12.2. The molecule has 0 saturated carbocycles. The van der Waals surface area contributed by atoms with Crippen molar-refractivity contribution in [1.29, 1.82) is 0 Å². The number of aryl methyl sites for hydroxylation is 2. The number of halogens is 2. The Morgan fingerprint density at radius 1 is 1.17 bits per heavy atom. The molecule has 23 heavy (non-hydrogen) atoms. The minimum Gasteiger partial charge on any atom is -0.490 e. The van der Waals surface area contributed by atoms with Crippen LogP contribution < -0.4 is 9.47 Å². The first kappa shape index (κ1) is 17.6. The molecule has 4 nitrogen and oxygen atoms in total. The van der Waals surface area contributed by atoms with Gasteiger partial charge in [-0.3, -0.25) is 0 Å². The lowest BCUT2D eigenvalue weighted by Crippen LogP contribution is -2.11. The third-order valence-corrected chi connectivity index (χ3v) is 3.97. The average Bonchev–Trinajstić information content (AvgIpc) is 2.49. The van der Waals surface area contributed by atoms with Crippen molar-refractivity contribution in [3.63, 3.8) is 0 Å². The largest absolute Gasteiger partial charge is 0.490 e. The van der Waals surface area contributed by atoms with Gasteiger partial charge in [-0.2, -0.15) is 0 Å². The standard InChI is InChI=1S/C17H17BrClNO3/c1-11-3-4-12(2)16(7-11)22-5-6-23-17-13(10-20-21)8-14(19)9-15(17)18/h3-4,7-10,21H,5-6H2,1-2H3. The average molecular weight is 399 g/mol. The van der Waals surface area contributed by atoms with E-state index < -0.39 is 0 Å². The van der Waals surface area contributed by atoms with Gasteiger partial charge in [0, 0.05) is 10.6 Å². The van der Waals surface area contributed by atoms with E-state index in [1.807, 2.05) is 32.0 Å². The Kier molecular flexibility index (Phi) is 6.30. The fourth-order valence-electron chi connectivity index (χ4n) is 2.05. The van der Waals surface area contributed by atoms with E-state index in [4.69, 9.17) is 26.3 Å². The summed E-state index contributed by atoms with van der Waals surface area (Å²) in [7, 11) is 0. The van der Waals surface area contributed by atoms with Crippen molar-refractivity contribution in [1.82, 2.24) is 0 Å². The van der Waals surface area contributed by atoms with Gasteiger partial charge >= 0.3 is 0 Å². The molecule has 6 heteroatoms. The van der Waals surface area contributed by atoms with Crippen molar-refractivity contribution in [3.8, 4) is 11.5 Å². The van der Waals surface area contributed by atoms with Gasteiger partial charge in [0.15, 0.2) is 0 Å². The minimum atomic E-state index is 0.347. The molecule has 0 aromatic heterocycles. The summed E-state index contributed by atoms with van der Waals surface area (Å²) in [5.74, 6) is 1.40. The lowest BCUT2D eigenvalue weighted by molar-refractivity contribution is 0.215. The van der Waals surface area contributed by atoms with Crippen molar-refractivity contribution >= 4 is 33.7 Å². The molecular formula is C17H17BrClNO3. The number of ether oxygens (including phenoxy) is 2. The Bertz CT molecular complexity index is 719. The highest BCUT2D eigenvalue weighted by molar-refractivity contribution is 9.10. The highest BCUT2D eigenvalue weighted by Gasteiger charge is 2.09. The van der Waals surface area contributed by atoms with Crippen LogP contribution in [-0.4, -0.2) is 24.6 Å². The number of hydrogen-bond acceptors (Lipinski definition) is 4. The van der Waals surface area contributed by atoms with Crippen LogP contribution >= 0.6 is 27.5 Å². The Balaban J connectivity index is 2.00. The Morgan fingerprint density at radius 2 is 1.91 bits per heavy atom. The quantitative estimate of drug-likeness (QED) is 0.323. The summed E-state index contributed by atoms with van der Waals surface area (Å²) in [5.41, 5.74) is 2.81. The molecule has 0 amide bonds. The molecule has 0 unspecified atom stereocenters. The fourth-order valence-corrected chi connectivity index (χ4v) is 3.00. The van der Waals surface area contributed by atoms with Crippen LogP contribution in [0.1, 0.15) is 16.7 Å². The van der Waals surface area contributed by atoms with E-state index in [1.165, 1.54) is 6.21 Å². The topological polar surface area (TPSA) is 51.0 Å². The highest BCUT2D eigenvalue weighted by atomic mass is 79.9. The monoisotopic (exact) mass is 397 g/mol. The van der Waals surface area contributed by atoms with Crippen LogP contribution in [0.5, 0.6) is 11.5 Å². The molecule has 0 heterocycles. The van der Waals surface area contributed by atoms with Gasteiger partial charge in [-0.05, 0) is 59.1 Å². The van der Waals surface area contributed by atoms with Crippen LogP contribution in [-0.2, 0) is 0 Å². The molecule has 0 spiro atoms. The molecule has 0 radical (unpaired) electrons.